The second-order valence-corrected chi connectivity index (χ2v) is 5.74. The van der Waals surface area contributed by atoms with Crippen LogP contribution in [0.4, 0.5) is 11.4 Å². The molecule has 1 aliphatic rings. The molecule has 22 heavy (non-hydrogen) atoms. The van der Waals surface area contributed by atoms with Gasteiger partial charge in [-0.15, -0.1) is 0 Å². The van der Waals surface area contributed by atoms with Gasteiger partial charge >= 0.3 is 5.69 Å². The summed E-state index contributed by atoms with van der Waals surface area (Å²) in [5.41, 5.74) is 1.25. The van der Waals surface area contributed by atoms with Crippen molar-refractivity contribution in [2.75, 3.05) is 11.9 Å². The third kappa shape index (κ3) is 2.74. The minimum Gasteiger partial charge on any atom is -0.396 e. The smallest absolute Gasteiger partial charge is 0.301 e. The number of hydrogen-bond acceptors (Lipinski definition) is 5. The number of nitrogens with one attached hydrogen (secondary N) is 1. The molecule has 1 aliphatic carbocycles. The number of benzene rings is 1. The third-order valence-electron chi connectivity index (χ3n) is 4.44. The first-order valence-corrected chi connectivity index (χ1v) is 7.60. The molecule has 6 nitrogen and oxygen atoms in total. The Morgan fingerprint density at radius 2 is 2.23 bits per heavy atom. The number of nitro benzene ring substituents is 1. The largest absolute Gasteiger partial charge is 0.396 e. The van der Waals surface area contributed by atoms with Crippen LogP contribution >= 0.6 is 0 Å². The first-order valence-electron chi connectivity index (χ1n) is 7.60. The van der Waals surface area contributed by atoms with Crippen LogP contribution in [0.15, 0.2) is 30.5 Å². The van der Waals surface area contributed by atoms with Gasteiger partial charge in [0, 0.05) is 18.8 Å². The van der Waals surface area contributed by atoms with Crippen LogP contribution in [-0.2, 0) is 0 Å². The Bertz CT molecular complexity index is 689. The number of nitrogens with zero attached hydrogens (tertiary/aromatic N) is 2. The van der Waals surface area contributed by atoms with Gasteiger partial charge in [-0.2, -0.15) is 0 Å². The SMILES string of the molecule is O=[N+]([O-])c1c(NC2CCCC2CCO)ccc2ncccc12. The molecule has 2 aromatic rings. The standard InChI is InChI=1S/C16H19N3O3/c20-10-8-11-3-1-5-13(11)18-15-7-6-14-12(4-2-9-17-14)16(15)19(21)22/h2,4,6-7,9,11,13,18,20H,1,3,5,8,10H2. The summed E-state index contributed by atoms with van der Waals surface area (Å²) in [5, 5.41) is 24.6. The number of nitro groups is 1. The van der Waals surface area contributed by atoms with Gasteiger partial charge in [-0.25, -0.2) is 0 Å². The molecule has 1 aromatic heterocycles. The van der Waals surface area contributed by atoms with E-state index >= 15 is 0 Å². The number of aromatic nitrogens is 1. The van der Waals surface area contributed by atoms with Gasteiger partial charge in [0.1, 0.15) is 5.69 Å². The van der Waals surface area contributed by atoms with Gasteiger partial charge in [-0.1, -0.05) is 6.42 Å². The van der Waals surface area contributed by atoms with Crippen molar-refractivity contribution in [3.05, 3.63) is 40.6 Å². The van der Waals surface area contributed by atoms with Crippen molar-refractivity contribution in [3.8, 4) is 0 Å². The van der Waals surface area contributed by atoms with Gasteiger partial charge in [0.2, 0.25) is 0 Å². The minimum absolute atomic E-state index is 0.0836. The first-order chi connectivity index (χ1) is 10.7. The number of fused-ring (bicyclic) bond motifs is 1. The van der Waals surface area contributed by atoms with Gasteiger partial charge < -0.3 is 10.4 Å². The third-order valence-corrected chi connectivity index (χ3v) is 4.44. The van der Waals surface area contributed by atoms with Crippen molar-refractivity contribution in [2.45, 2.75) is 31.7 Å². The molecule has 2 unspecified atom stereocenters. The molecule has 0 radical (unpaired) electrons. The molecule has 2 N–H and O–H groups in total. The molecular weight excluding hydrogens is 282 g/mol. The Morgan fingerprint density at radius 1 is 1.36 bits per heavy atom. The van der Waals surface area contributed by atoms with E-state index in [9.17, 15) is 10.1 Å². The quantitative estimate of drug-likeness (QED) is 0.654. The number of hydrogen-bond donors (Lipinski definition) is 2. The topological polar surface area (TPSA) is 88.3 Å². The van der Waals surface area contributed by atoms with Crippen LogP contribution in [0.2, 0.25) is 0 Å². The Labute approximate surface area is 128 Å². The van der Waals surface area contributed by atoms with Crippen molar-refractivity contribution >= 4 is 22.3 Å². The lowest BCUT2D eigenvalue weighted by Crippen LogP contribution is -2.25. The fourth-order valence-electron chi connectivity index (χ4n) is 3.39. The van der Waals surface area contributed by atoms with Gasteiger partial charge in [0.15, 0.2) is 0 Å². The van der Waals surface area contributed by atoms with Crippen LogP contribution in [0.25, 0.3) is 10.9 Å². The fraction of sp³-hybridized carbons (Fsp3) is 0.438. The van der Waals surface area contributed by atoms with E-state index in [0.29, 0.717) is 22.5 Å². The average Bonchev–Trinajstić information content (AvgIpc) is 2.94. The van der Waals surface area contributed by atoms with Crippen LogP contribution in [0, 0.1) is 16.0 Å². The molecule has 6 heteroatoms. The lowest BCUT2D eigenvalue weighted by molar-refractivity contribution is -0.382. The van der Waals surface area contributed by atoms with Gasteiger partial charge in [0.25, 0.3) is 0 Å². The molecule has 1 fully saturated rings. The van der Waals surface area contributed by atoms with Gasteiger partial charge in [-0.05, 0) is 49.4 Å². The number of pyridine rings is 1. The maximum absolute atomic E-state index is 11.5. The molecule has 0 saturated heterocycles. The molecule has 1 aromatic carbocycles. The summed E-state index contributed by atoms with van der Waals surface area (Å²) < 4.78 is 0. The predicted molar refractivity (Wildman–Crippen MR) is 84.9 cm³/mol. The highest BCUT2D eigenvalue weighted by atomic mass is 16.6. The molecule has 2 atom stereocenters. The second-order valence-electron chi connectivity index (χ2n) is 5.74. The van der Waals surface area contributed by atoms with E-state index in [1.165, 1.54) is 0 Å². The van der Waals surface area contributed by atoms with Crippen LogP contribution in [-0.4, -0.2) is 27.7 Å². The second kappa shape index (κ2) is 6.27. The number of rotatable bonds is 5. The van der Waals surface area contributed by atoms with Crippen molar-refractivity contribution in [1.29, 1.82) is 0 Å². The fourth-order valence-corrected chi connectivity index (χ4v) is 3.39. The van der Waals surface area contributed by atoms with Crippen molar-refractivity contribution in [3.63, 3.8) is 0 Å². The Hall–Kier alpha value is -2.21. The van der Waals surface area contributed by atoms with Crippen molar-refractivity contribution < 1.29 is 10.0 Å². The van der Waals surface area contributed by atoms with E-state index in [1.807, 2.05) is 0 Å². The summed E-state index contributed by atoms with van der Waals surface area (Å²) in [6.45, 7) is 0.159. The average molecular weight is 301 g/mol. The molecule has 0 aliphatic heterocycles. The summed E-state index contributed by atoms with van der Waals surface area (Å²) >= 11 is 0. The Balaban J connectivity index is 1.96. The lowest BCUT2D eigenvalue weighted by Gasteiger charge is -2.21. The van der Waals surface area contributed by atoms with Crippen LogP contribution in [0.1, 0.15) is 25.7 Å². The normalized spacial score (nSPS) is 21.1. The Kier molecular flexibility index (Phi) is 4.20. The van der Waals surface area contributed by atoms with Crippen molar-refractivity contribution in [1.82, 2.24) is 4.98 Å². The predicted octanol–water partition coefficient (Wildman–Crippen LogP) is 3.11. The van der Waals surface area contributed by atoms with E-state index in [4.69, 9.17) is 5.11 Å². The van der Waals surface area contributed by atoms with E-state index in [1.54, 1.807) is 30.5 Å². The van der Waals surface area contributed by atoms with Crippen molar-refractivity contribution in [2.24, 2.45) is 5.92 Å². The summed E-state index contributed by atoms with van der Waals surface area (Å²) in [7, 11) is 0. The monoisotopic (exact) mass is 301 g/mol. The number of anilines is 1. The van der Waals surface area contributed by atoms with E-state index in [-0.39, 0.29) is 23.3 Å². The maximum atomic E-state index is 11.5. The number of aliphatic hydroxyl groups is 1. The molecule has 0 bridgehead atoms. The highest BCUT2D eigenvalue weighted by molar-refractivity contribution is 5.94. The molecular formula is C16H19N3O3. The zero-order valence-corrected chi connectivity index (χ0v) is 12.2. The van der Waals surface area contributed by atoms with Crippen LogP contribution < -0.4 is 5.32 Å². The van der Waals surface area contributed by atoms with Crippen LogP contribution in [0.3, 0.4) is 0 Å². The molecule has 3 rings (SSSR count). The minimum atomic E-state index is -0.345. The highest BCUT2D eigenvalue weighted by Gasteiger charge is 2.29. The highest BCUT2D eigenvalue weighted by Crippen LogP contribution is 2.36. The molecule has 1 heterocycles. The molecule has 1 saturated carbocycles. The maximum Gasteiger partial charge on any atom is 0.301 e. The van der Waals surface area contributed by atoms with E-state index in [0.717, 1.165) is 25.7 Å². The van der Waals surface area contributed by atoms with Gasteiger partial charge in [0.05, 0.1) is 15.8 Å². The molecule has 0 spiro atoms. The summed E-state index contributed by atoms with van der Waals surface area (Å²) in [6, 6.07) is 7.16. The zero-order chi connectivity index (χ0) is 15.5. The lowest BCUT2D eigenvalue weighted by atomic mass is 9.99. The van der Waals surface area contributed by atoms with Crippen LogP contribution in [0.5, 0.6) is 0 Å². The summed E-state index contributed by atoms with van der Waals surface area (Å²) in [4.78, 5) is 15.3. The van der Waals surface area contributed by atoms with Gasteiger partial charge in [-0.3, -0.25) is 15.1 Å². The molecule has 116 valence electrons. The van der Waals surface area contributed by atoms with E-state index in [2.05, 4.69) is 10.3 Å². The Morgan fingerprint density at radius 3 is 3.00 bits per heavy atom. The van der Waals surface area contributed by atoms with E-state index < -0.39 is 0 Å². The summed E-state index contributed by atoms with van der Waals surface area (Å²) in [6.07, 6.45) is 5.49. The summed E-state index contributed by atoms with van der Waals surface area (Å²) in [5.74, 6) is 0.370. The zero-order valence-electron chi connectivity index (χ0n) is 12.2. The molecule has 0 amide bonds. The first kappa shape index (κ1) is 14.7. The number of aliphatic hydroxyl groups excluding tert-OH is 1.